The minimum Gasteiger partial charge on any atom is -0.475 e. The zero-order valence-corrected chi connectivity index (χ0v) is 14.8. The van der Waals surface area contributed by atoms with E-state index in [0.29, 0.717) is 6.61 Å². The molecule has 0 aromatic heterocycles. The maximum atomic E-state index is 11.6. The number of carbonyl (C=O) groups excluding carboxylic acids is 1. The van der Waals surface area contributed by atoms with Crippen LogP contribution in [0, 0.1) is 5.92 Å². The number of alkyl halides is 3. The van der Waals surface area contributed by atoms with Gasteiger partial charge in [0, 0.05) is 17.1 Å². The van der Waals surface area contributed by atoms with Crippen LogP contribution in [0.1, 0.15) is 28.8 Å². The quantitative estimate of drug-likeness (QED) is 0.609. The zero-order chi connectivity index (χ0) is 19.2. The number of halogens is 3. The van der Waals surface area contributed by atoms with Crippen molar-refractivity contribution in [2.75, 3.05) is 25.4 Å². The van der Waals surface area contributed by atoms with Crippen molar-refractivity contribution < 1.29 is 32.6 Å². The van der Waals surface area contributed by atoms with Gasteiger partial charge in [-0.1, -0.05) is 0 Å². The third kappa shape index (κ3) is 6.21. The number of hydrogen-bond donors (Lipinski definition) is 2. The highest BCUT2D eigenvalue weighted by atomic mass is 32.2. The number of ether oxygens (including phenoxy) is 1. The Kier molecular flexibility index (Phi) is 7.33. The van der Waals surface area contributed by atoms with Crippen LogP contribution in [0.3, 0.4) is 0 Å². The molecule has 0 spiro atoms. The summed E-state index contributed by atoms with van der Waals surface area (Å²) < 4.78 is 36.8. The Balaban J connectivity index is 0.000000298. The maximum absolute atomic E-state index is 11.6. The third-order valence-corrected chi connectivity index (χ3v) is 5.31. The molecule has 0 bridgehead atoms. The second-order valence-electron chi connectivity index (χ2n) is 6.01. The van der Waals surface area contributed by atoms with Gasteiger partial charge < -0.3 is 15.2 Å². The van der Waals surface area contributed by atoms with Crippen LogP contribution in [0.5, 0.6) is 0 Å². The molecule has 0 unspecified atom stereocenters. The van der Waals surface area contributed by atoms with Crippen molar-refractivity contribution in [3.8, 4) is 0 Å². The van der Waals surface area contributed by atoms with Crippen molar-refractivity contribution in [3.63, 3.8) is 0 Å². The van der Waals surface area contributed by atoms with E-state index >= 15 is 0 Å². The lowest BCUT2D eigenvalue weighted by molar-refractivity contribution is -0.192. The van der Waals surface area contributed by atoms with Crippen molar-refractivity contribution in [3.05, 3.63) is 29.3 Å². The minimum absolute atomic E-state index is 0.170. The highest BCUT2D eigenvalue weighted by Crippen LogP contribution is 2.28. The predicted molar refractivity (Wildman–Crippen MR) is 90.4 cm³/mol. The standard InChI is InChI=1S/C15H19NO2S.C2HF3O2/c17-15-14-2-1-13(9-12(14)5-8-18-15)19-10-11-3-6-16-7-4-11;3-2(4,5)1(6)7/h1-2,9,11,16H,3-8,10H2;(H,6,7). The van der Waals surface area contributed by atoms with Gasteiger partial charge in [0.15, 0.2) is 0 Å². The Morgan fingerprint density at radius 1 is 1.31 bits per heavy atom. The molecule has 1 fully saturated rings. The first kappa shape index (κ1) is 20.6. The summed E-state index contributed by atoms with van der Waals surface area (Å²) in [6.45, 7) is 2.83. The smallest absolute Gasteiger partial charge is 0.475 e. The average Bonchev–Trinajstić information content (AvgIpc) is 2.61. The Labute approximate surface area is 153 Å². The SMILES string of the molecule is O=C(O)C(F)(F)F.O=C1OCCc2cc(SCC3CCNCC3)ccc21. The molecule has 2 N–H and O–H groups in total. The van der Waals surface area contributed by atoms with E-state index < -0.39 is 12.1 Å². The molecule has 144 valence electrons. The zero-order valence-electron chi connectivity index (χ0n) is 14.0. The summed E-state index contributed by atoms with van der Waals surface area (Å²) >= 11 is 1.92. The maximum Gasteiger partial charge on any atom is 0.490 e. The minimum atomic E-state index is -5.08. The average molecular weight is 391 g/mol. The van der Waals surface area contributed by atoms with Crippen molar-refractivity contribution >= 4 is 23.7 Å². The van der Waals surface area contributed by atoms with Crippen LogP contribution in [0.15, 0.2) is 23.1 Å². The lowest BCUT2D eigenvalue weighted by atomic mass is 10.0. The summed E-state index contributed by atoms with van der Waals surface area (Å²) in [4.78, 5) is 21.7. The number of cyclic esters (lactones) is 1. The van der Waals surface area contributed by atoms with Gasteiger partial charge in [0.2, 0.25) is 0 Å². The Hall–Kier alpha value is -1.74. The molecule has 0 saturated carbocycles. The number of benzene rings is 1. The fourth-order valence-electron chi connectivity index (χ4n) is 2.66. The van der Waals surface area contributed by atoms with E-state index in [2.05, 4.69) is 17.4 Å². The molecular weight excluding hydrogens is 371 g/mol. The first-order valence-electron chi connectivity index (χ1n) is 8.21. The predicted octanol–water partition coefficient (Wildman–Crippen LogP) is 3.12. The summed E-state index contributed by atoms with van der Waals surface area (Å²) in [5, 5.41) is 10.5. The number of nitrogens with one attached hydrogen (secondary N) is 1. The van der Waals surface area contributed by atoms with E-state index in [9.17, 15) is 18.0 Å². The van der Waals surface area contributed by atoms with Gasteiger partial charge in [-0.15, -0.1) is 11.8 Å². The molecule has 0 radical (unpaired) electrons. The van der Waals surface area contributed by atoms with Crippen LogP contribution in [0.2, 0.25) is 0 Å². The molecule has 2 aliphatic heterocycles. The lowest BCUT2D eigenvalue weighted by Crippen LogP contribution is -2.28. The van der Waals surface area contributed by atoms with E-state index in [1.54, 1.807) is 0 Å². The summed E-state index contributed by atoms with van der Waals surface area (Å²) in [5.41, 5.74) is 1.89. The van der Waals surface area contributed by atoms with Crippen LogP contribution < -0.4 is 5.32 Å². The van der Waals surface area contributed by atoms with Crippen molar-refractivity contribution in [1.82, 2.24) is 5.32 Å². The van der Waals surface area contributed by atoms with Crippen LogP contribution in [0.25, 0.3) is 0 Å². The molecule has 1 aromatic carbocycles. The van der Waals surface area contributed by atoms with E-state index in [4.69, 9.17) is 14.6 Å². The monoisotopic (exact) mass is 391 g/mol. The van der Waals surface area contributed by atoms with Crippen molar-refractivity contribution in [2.45, 2.75) is 30.3 Å². The number of aliphatic carboxylic acids is 1. The van der Waals surface area contributed by atoms with Crippen LogP contribution in [-0.2, 0) is 16.0 Å². The highest BCUT2D eigenvalue weighted by Gasteiger charge is 2.38. The molecule has 0 amide bonds. The normalized spacial score (nSPS) is 17.6. The summed E-state index contributed by atoms with van der Waals surface area (Å²) in [6.07, 6.45) is -1.67. The van der Waals surface area contributed by atoms with Gasteiger partial charge in [-0.2, -0.15) is 13.2 Å². The molecule has 26 heavy (non-hydrogen) atoms. The lowest BCUT2D eigenvalue weighted by Gasteiger charge is -2.22. The first-order valence-corrected chi connectivity index (χ1v) is 9.19. The van der Waals surface area contributed by atoms with Crippen LogP contribution in [-0.4, -0.2) is 48.7 Å². The number of fused-ring (bicyclic) bond motifs is 1. The van der Waals surface area contributed by atoms with Crippen LogP contribution >= 0.6 is 11.8 Å². The second kappa shape index (κ2) is 9.27. The number of carboxylic acid groups (broad SMARTS) is 1. The van der Waals surface area contributed by atoms with E-state index in [1.165, 1.54) is 23.5 Å². The van der Waals surface area contributed by atoms with E-state index in [0.717, 1.165) is 36.6 Å². The van der Waals surface area contributed by atoms with Gasteiger partial charge in [0.25, 0.3) is 0 Å². The molecule has 0 atom stereocenters. The molecule has 1 saturated heterocycles. The van der Waals surface area contributed by atoms with Gasteiger partial charge in [0.05, 0.1) is 12.2 Å². The van der Waals surface area contributed by atoms with E-state index in [1.807, 2.05) is 17.8 Å². The highest BCUT2D eigenvalue weighted by molar-refractivity contribution is 7.99. The Bertz CT molecular complexity index is 645. The Morgan fingerprint density at radius 2 is 1.96 bits per heavy atom. The second-order valence-corrected chi connectivity index (χ2v) is 7.11. The number of carboxylic acids is 1. The number of thioether (sulfide) groups is 1. The number of carbonyl (C=O) groups is 2. The molecule has 3 rings (SSSR count). The molecular formula is C17H20F3NO4S. The van der Waals surface area contributed by atoms with Gasteiger partial charge in [-0.25, -0.2) is 9.59 Å². The largest absolute Gasteiger partial charge is 0.490 e. The third-order valence-electron chi connectivity index (χ3n) is 4.09. The fraction of sp³-hybridized carbons (Fsp3) is 0.529. The van der Waals surface area contributed by atoms with Crippen molar-refractivity contribution in [2.24, 2.45) is 5.92 Å². The molecule has 1 aromatic rings. The summed E-state index contributed by atoms with van der Waals surface area (Å²) in [5.74, 6) is -0.916. The van der Waals surface area contributed by atoms with E-state index in [-0.39, 0.29) is 5.97 Å². The first-order chi connectivity index (χ1) is 12.3. The Morgan fingerprint density at radius 3 is 2.58 bits per heavy atom. The van der Waals surface area contributed by atoms with Gasteiger partial charge >= 0.3 is 18.1 Å². The molecule has 2 heterocycles. The van der Waals surface area contributed by atoms with Gasteiger partial charge in [-0.05, 0) is 55.6 Å². The molecule has 0 aliphatic carbocycles. The topological polar surface area (TPSA) is 75.6 Å². The molecule has 5 nitrogen and oxygen atoms in total. The molecule has 2 aliphatic rings. The van der Waals surface area contributed by atoms with Crippen LogP contribution in [0.4, 0.5) is 13.2 Å². The molecule has 9 heteroatoms. The number of esters is 1. The summed E-state index contributed by atoms with van der Waals surface area (Å²) in [7, 11) is 0. The number of piperidine rings is 1. The van der Waals surface area contributed by atoms with Crippen molar-refractivity contribution in [1.29, 1.82) is 0 Å². The van der Waals surface area contributed by atoms with Gasteiger partial charge in [0.1, 0.15) is 0 Å². The fourth-order valence-corrected chi connectivity index (χ4v) is 3.81. The number of rotatable bonds is 3. The number of hydrogen-bond acceptors (Lipinski definition) is 5. The summed E-state index contributed by atoms with van der Waals surface area (Å²) in [6, 6.07) is 6.14. The van der Waals surface area contributed by atoms with Gasteiger partial charge in [-0.3, -0.25) is 0 Å².